The second kappa shape index (κ2) is 11.2. The van der Waals surface area contributed by atoms with Gasteiger partial charge >= 0.3 is 0 Å². The summed E-state index contributed by atoms with van der Waals surface area (Å²) in [7, 11) is 3.91. The van der Waals surface area contributed by atoms with Gasteiger partial charge in [0.2, 0.25) is 18.6 Å². The van der Waals surface area contributed by atoms with Crippen LogP contribution in [0.15, 0.2) is 42.5 Å². The first-order valence-electron chi connectivity index (χ1n) is 13.5. The van der Waals surface area contributed by atoms with Crippen molar-refractivity contribution in [1.82, 2.24) is 20.0 Å². The fourth-order valence-corrected chi connectivity index (χ4v) is 6.08. The monoisotopic (exact) mass is 563 g/mol. The van der Waals surface area contributed by atoms with E-state index in [1.54, 1.807) is 16.7 Å². The Kier molecular flexibility index (Phi) is 7.83. The number of carbonyl (C=O) groups is 2. The van der Waals surface area contributed by atoms with E-state index in [0.29, 0.717) is 30.4 Å². The summed E-state index contributed by atoms with van der Waals surface area (Å²) < 4.78 is 13.1. The molecule has 0 aliphatic carbocycles. The maximum absolute atomic E-state index is 13.8. The number of likely N-dealkylation sites (N-methyl/N-ethyl adjacent to an activating group) is 1. The molecule has 9 nitrogen and oxygen atoms in total. The molecule has 3 heterocycles. The Morgan fingerprint density at radius 2 is 1.85 bits per heavy atom. The normalized spacial score (nSPS) is 16.7. The first-order chi connectivity index (χ1) is 19.0. The van der Waals surface area contributed by atoms with Crippen molar-refractivity contribution in [2.45, 2.75) is 38.4 Å². The van der Waals surface area contributed by atoms with Crippen molar-refractivity contribution in [1.29, 1.82) is 0 Å². The van der Waals surface area contributed by atoms with Crippen LogP contribution in [0.4, 0.5) is 5.82 Å². The van der Waals surface area contributed by atoms with Crippen molar-refractivity contribution in [3.63, 3.8) is 0 Å². The van der Waals surface area contributed by atoms with Gasteiger partial charge in [-0.25, -0.2) is 4.68 Å². The van der Waals surface area contributed by atoms with Crippen LogP contribution in [0.25, 0.3) is 5.69 Å². The molecule has 2 aromatic carbocycles. The van der Waals surface area contributed by atoms with Crippen molar-refractivity contribution >= 4 is 29.4 Å². The number of benzene rings is 2. The van der Waals surface area contributed by atoms with Crippen LogP contribution in [-0.2, 0) is 15.0 Å². The highest BCUT2D eigenvalue weighted by atomic mass is 32.2. The second-order valence-electron chi connectivity index (χ2n) is 11.5. The Labute approximate surface area is 239 Å². The van der Waals surface area contributed by atoms with Gasteiger partial charge in [0, 0.05) is 24.1 Å². The van der Waals surface area contributed by atoms with Gasteiger partial charge in [-0.3, -0.25) is 14.5 Å². The maximum Gasteiger partial charge on any atom is 0.240 e. The number of nitrogens with one attached hydrogen (secondary N) is 1. The Morgan fingerprint density at radius 1 is 1.12 bits per heavy atom. The minimum absolute atomic E-state index is 0.0885. The molecule has 3 aromatic rings. The van der Waals surface area contributed by atoms with E-state index in [2.05, 4.69) is 26.1 Å². The van der Waals surface area contributed by atoms with Crippen LogP contribution in [0.1, 0.15) is 48.4 Å². The van der Waals surface area contributed by atoms with E-state index < -0.39 is 0 Å². The van der Waals surface area contributed by atoms with E-state index in [0.717, 1.165) is 28.1 Å². The lowest BCUT2D eigenvalue weighted by Gasteiger charge is -2.24. The summed E-state index contributed by atoms with van der Waals surface area (Å²) in [6.07, 6.45) is 0. The Bertz CT molecular complexity index is 1410. The van der Waals surface area contributed by atoms with Crippen molar-refractivity contribution in [2.24, 2.45) is 0 Å². The number of hydrogen-bond donors (Lipinski definition) is 1. The predicted molar refractivity (Wildman–Crippen MR) is 158 cm³/mol. The summed E-state index contributed by atoms with van der Waals surface area (Å²) in [4.78, 5) is 30.5. The molecule has 2 aliphatic rings. The lowest BCUT2D eigenvalue weighted by molar-refractivity contribution is -0.122. The van der Waals surface area contributed by atoms with Gasteiger partial charge in [-0.2, -0.15) is 5.10 Å². The molecular formula is C30H37N5O4S. The van der Waals surface area contributed by atoms with Crippen LogP contribution in [0.2, 0.25) is 0 Å². The zero-order valence-corrected chi connectivity index (χ0v) is 24.8. The summed E-state index contributed by atoms with van der Waals surface area (Å²) >= 11 is 1.55. The Morgan fingerprint density at radius 3 is 2.55 bits per heavy atom. The van der Waals surface area contributed by atoms with Crippen molar-refractivity contribution < 1.29 is 19.1 Å². The van der Waals surface area contributed by atoms with Crippen molar-refractivity contribution in [3.05, 3.63) is 64.8 Å². The zero-order chi connectivity index (χ0) is 28.6. The lowest BCUT2D eigenvalue weighted by atomic mass is 9.87. The lowest BCUT2D eigenvalue weighted by Crippen LogP contribution is -2.43. The molecule has 0 unspecified atom stereocenters. The average molecular weight is 564 g/mol. The first-order valence-corrected chi connectivity index (χ1v) is 14.5. The molecule has 0 spiro atoms. The molecule has 5 rings (SSSR count). The van der Waals surface area contributed by atoms with Crippen LogP contribution in [0.3, 0.4) is 0 Å². The third kappa shape index (κ3) is 5.69. The molecule has 0 saturated carbocycles. The SMILES string of the molecule is Cc1ccc(-n2nc(C(C)(C)C)c3c2N(CC(=O)NCCN(C)C)C(=O)CS[C@H]3c2ccc3c(c2)OCO3)cc1. The first kappa shape index (κ1) is 28.0. The summed E-state index contributed by atoms with van der Waals surface area (Å²) in [6.45, 7) is 9.73. The topological polar surface area (TPSA) is 88.9 Å². The molecule has 0 bridgehead atoms. The number of amides is 2. The number of nitrogens with zero attached hydrogens (tertiary/aromatic N) is 4. The molecule has 2 amide bonds. The minimum atomic E-state index is -0.331. The van der Waals surface area contributed by atoms with E-state index in [1.165, 1.54) is 0 Å². The molecule has 212 valence electrons. The van der Waals surface area contributed by atoms with Gasteiger partial charge in [0.1, 0.15) is 12.4 Å². The smallest absolute Gasteiger partial charge is 0.240 e. The zero-order valence-electron chi connectivity index (χ0n) is 24.0. The van der Waals surface area contributed by atoms with Crippen LogP contribution < -0.4 is 19.7 Å². The molecule has 0 fully saturated rings. The average Bonchev–Trinajstić information content (AvgIpc) is 3.49. The van der Waals surface area contributed by atoms with Gasteiger partial charge in [-0.15, -0.1) is 11.8 Å². The van der Waals surface area contributed by atoms with Crippen LogP contribution in [0, 0.1) is 6.92 Å². The number of aryl methyl sites for hydroxylation is 1. The highest BCUT2D eigenvalue weighted by Crippen LogP contribution is 2.49. The van der Waals surface area contributed by atoms with Gasteiger partial charge < -0.3 is 19.7 Å². The van der Waals surface area contributed by atoms with Gasteiger partial charge in [0.25, 0.3) is 0 Å². The standard InChI is InChI=1S/C30H37N5O4S/c1-19-7-10-21(11-8-19)35-29-26(28(32-35)30(2,3)4)27(20-9-12-22-23(15-20)39-18-38-22)40-17-25(37)34(29)16-24(36)31-13-14-33(5)6/h7-12,15,27H,13-14,16-18H2,1-6H3,(H,31,36)/t27-/m0/s1. The molecule has 1 aromatic heterocycles. The van der Waals surface area contributed by atoms with Crippen molar-refractivity contribution in [3.8, 4) is 17.2 Å². The second-order valence-corrected chi connectivity index (χ2v) is 12.6. The van der Waals surface area contributed by atoms with E-state index >= 15 is 0 Å². The van der Waals surface area contributed by atoms with Gasteiger partial charge in [0.15, 0.2) is 11.5 Å². The van der Waals surface area contributed by atoms with Crippen LogP contribution in [0.5, 0.6) is 11.5 Å². The van der Waals surface area contributed by atoms with Crippen molar-refractivity contribution in [2.75, 3.05) is 51.2 Å². The summed E-state index contributed by atoms with van der Waals surface area (Å²) in [5.41, 5.74) is 4.44. The molecule has 2 aliphatic heterocycles. The van der Waals surface area contributed by atoms with Gasteiger partial charge in [0.05, 0.1) is 22.4 Å². The molecule has 0 radical (unpaired) electrons. The fraction of sp³-hybridized carbons (Fsp3) is 0.433. The minimum Gasteiger partial charge on any atom is -0.454 e. The molecular weight excluding hydrogens is 526 g/mol. The maximum atomic E-state index is 13.8. The number of anilines is 1. The number of rotatable bonds is 7. The van der Waals surface area contributed by atoms with Crippen LogP contribution in [-0.4, -0.2) is 72.8 Å². The quantitative estimate of drug-likeness (QED) is 0.464. The van der Waals surface area contributed by atoms with Crippen LogP contribution >= 0.6 is 11.8 Å². The summed E-state index contributed by atoms with van der Waals surface area (Å²) in [6, 6.07) is 14.0. The number of fused-ring (bicyclic) bond motifs is 2. The number of ether oxygens (including phenoxy) is 2. The molecule has 1 N–H and O–H groups in total. The molecule has 1 atom stereocenters. The third-order valence-electron chi connectivity index (χ3n) is 6.96. The highest BCUT2D eigenvalue weighted by molar-refractivity contribution is 8.00. The van der Waals surface area contributed by atoms with E-state index in [1.807, 2.05) is 73.1 Å². The van der Waals surface area contributed by atoms with E-state index in [-0.39, 0.29) is 41.6 Å². The number of hydrogen-bond acceptors (Lipinski definition) is 7. The Hall–Kier alpha value is -3.50. The van der Waals surface area contributed by atoms with E-state index in [4.69, 9.17) is 14.6 Å². The summed E-state index contributed by atoms with van der Waals surface area (Å²) in [5, 5.41) is 7.91. The molecule has 0 saturated heterocycles. The third-order valence-corrected chi connectivity index (χ3v) is 8.22. The largest absolute Gasteiger partial charge is 0.454 e. The van der Waals surface area contributed by atoms with Gasteiger partial charge in [-0.1, -0.05) is 44.5 Å². The number of aromatic nitrogens is 2. The molecule has 40 heavy (non-hydrogen) atoms. The van der Waals surface area contributed by atoms with E-state index in [9.17, 15) is 9.59 Å². The summed E-state index contributed by atoms with van der Waals surface area (Å²) in [5.74, 6) is 1.91. The highest BCUT2D eigenvalue weighted by Gasteiger charge is 2.40. The van der Waals surface area contributed by atoms with Gasteiger partial charge in [-0.05, 0) is 50.8 Å². The molecule has 10 heteroatoms. The predicted octanol–water partition coefficient (Wildman–Crippen LogP) is 4.05. The number of thioether (sulfide) groups is 1. The fourth-order valence-electron chi connectivity index (χ4n) is 4.90. The number of carbonyl (C=O) groups excluding carboxylic acids is 2. The Balaban J connectivity index is 1.68.